The molecule has 1 aliphatic rings. The largest absolute Gasteiger partial charge is 0.383 e. The lowest BCUT2D eigenvalue weighted by Gasteiger charge is -2.24. The molecule has 0 unspecified atom stereocenters. The van der Waals surface area contributed by atoms with Gasteiger partial charge in [-0.15, -0.1) is 11.3 Å². The lowest BCUT2D eigenvalue weighted by atomic mass is 10.3. The number of methoxy groups -OCH3 is 1. The van der Waals surface area contributed by atoms with Crippen LogP contribution in [0.15, 0.2) is 11.4 Å². The highest BCUT2D eigenvalue weighted by Gasteiger charge is 2.31. The minimum absolute atomic E-state index is 0.466. The molecule has 1 fully saturated rings. The fourth-order valence-electron chi connectivity index (χ4n) is 2.16. The van der Waals surface area contributed by atoms with Crippen LogP contribution < -0.4 is 16.2 Å². The lowest BCUT2D eigenvalue weighted by molar-refractivity contribution is 0.205. The van der Waals surface area contributed by atoms with Crippen molar-refractivity contribution in [2.75, 3.05) is 30.6 Å². The molecule has 7 heteroatoms. The van der Waals surface area contributed by atoms with Gasteiger partial charge in [0.25, 0.3) is 0 Å². The van der Waals surface area contributed by atoms with E-state index in [1.165, 1.54) is 12.8 Å². The predicted octanol–water partition coefficient (Wildman–Crippen LogP) is 1.59. The molecule has 0 aliphatic heterocycles. The third-order valence-corrected chi connectivity index (χ3v) is 4.04. The van der Waals surface area contributed by atoms with E-state index < -0.39 is 0 Å². The fraction of sp³-hybridized carbons (Fsp3) is 0.500. The second kappa shape index (κ2) is 5.28. The third kappa shape index (κ3) is 2.49. The van der Waals surface area contributed by atoms with Crippen LogP contribution in [0.1, 0.15) is 12.8 Å². The van der Waals surface area contributed by atoms with Crippen molar-refractivity contribution in [3.63, 3.8) is 0 Å². The van der Waals surface area contributed by atoms with Gasteiger partial charge in [-0.2, -0.15) is 4.98 Å². The van der Waals surface area contributed by atoms with Crippen LogP contribution in [0.5, 0.6) is 0 Å². The van der Waals surface area contributed by atoms with E-state index in [1.807, 2.05) is 5.38 Å². The van der Waals surface area contributed by atoms with Gasteiger partial charge in [-0.25, -0.2) is 10.8 Å². The average molecular weight is 279 g/mol. The average Bonchev–Trinajstić information content (AvgIpc) is 3.16. The van der Waals surface area contributed by atoms with E-state index in [9.17, 15) is 0 Å². The van der Waals surface area contributed by atoms with E-state index >= 15 is 0 Å². The Morgan fingerprint density at radius 3 is 3.05 bits per heavy atom. The SMILES string of the molecule is COCCN(c1nc(NN)nc2sccc12)C1CC1. The summed E-state index contributed by atoms with van der Waals surface area (Å²) in [7, 11) is 1.72. The van der Waals surface area contributed by atoms with Crippen molar-refractivity contribution >= 4 is 33.3 Å². The van der Waals surface area contributed by atoms with E-state index in [0.717, 1.165) is 22.6 Å². The zero-order valence-corrected chi connectivity index (χ0v) is 11.6. The third-order valence-electron chi connectivity index (χ3n) is 3.23. The number of nitrogens with two attached hydrogens (primary N) is 1. The molecule has 0 atom stereocenters. The van der Waals surface area contributed by atoms with Crippen LogP contribution in [-0.4, -0.2) is 36.3 Å². The molecule has 2 aromatic rings. The molecule has 1 saturated carbocycles. The van der Waals surface area contributed by atoms with Crippen molar-refractivity contribution in [2.45, 2.75) is 18.9 Å². The number of nitrogen functional groups attached to an aromatic ring is 1. The van der Waals surface area contributed by atoms with Crippen LogP contribution in [0.4, 0.5) is 11.8 Å². The van der Waals surface area contributed by atoms with Gasteiger partial charge in [0.15, 0.2) is 0 Å². The molecule has 1 aliphatic carbocycles. The Kier molecular flexibility index (Phi) is 3.50. The summed E-state index contributed by atoms with van der Waals surface area (Å²) in [6.07, 6.45) is 2.43. The summed E-state index contributed by atoms with van der Waals surface area (Å²) >= 11 is 1.60. The summed E-state index contributed by atoms with van der Waals surface area (Å²) in [5, 5.41) is 3.12. The van der Waals surface area contributed by atoms with Crippen molar-refractivity contribution in [3.8, 4) is 0 Å². The number of fused-ring (bicyclic) bond motifs is 1. The van der Waals surface area contributed by atoms with E-state index in [-0.39, 0.29) is 0 Å². The summed E-state index contributed by atoms with van der Waals surface area (Å²) in [6, 6.07) is 2.64. The minimum atomic E-state index is 0.466. The Bertz CT molecular complexity index is 568. The number of rotatable bonds is 6. The molecule has 0 saturated heterocycles. The number of hydrazine groups is 1. The molecule has 19 heavy (non-hydrogen) atoms. The highest BCUT2D eigenvalue weighted by molar-refractivity contribution is 7.16. The van der Waals surface area contributed by atoms with Crippen molar-refractivity contribution in [2.24, 2.45) is 5.84 Å². The molecule has 0 amide bonds. The monoisotopic (exact) mass is 279 g/mol. The van der Waals surface area contributed by atoms with Gasteiger partial charge in [0.05, 0.1) is 12.0 Å². The zero-order chi connectivity index (χ0) is 13.2. The number of ether oxygens (including phenoxy) is 1. The number of hydrogen-bond acceptors (Lipinski definition) is 7. The first-order valence-corrected chi connectivity index (χ1v) is 7.19. The Labute approximate surface area is 115 Å². The molecule has 0 spiro atoms. The Morgan fingerprint density at radius 2 is 2.37 bits per heavy atom. The lowest BCUT2D eigenvalue weighted by Crippen LogP contribution is -2.30. The molecule has 6 nitrogen and oxygen atoms in total. The van der Waals surface area contributed by atoms with Crippen molar-refractivity contribution in [3.05, 3.63) is 11.4 Å². The number of nitrogens with one attached hydrogen (secondary N) is 1. The summed E-state index contributed by atoms with van der Waals surface area (Å²) in [6.45, 7) is 1.53. The highest BCUT2D eigenvalue weighted by Crippen LogP contribution is 2.35. The van der Waals surface area contributed by atoms with Gasteiger partial charge in [-0.1, -0.05) is 0 Å². The second-order valence-electron chi connectivity index (χ2n) is 4.57. The quantitative estimate of drug-likeness (QED) is 0.618. The molecule has 102 valence electrons. The van der Waals surface area contributed by atoms with Crippen LogP contribution in [0.2, 0.25) is 0 Å². The maximum Gasteiger partial charge on any atom is 0.240 e. The van der Waals surface area contributed by atoms with E-state index in [0.29, 0.717) is 18.6 Å². The smallest absolute Gasteiger partial charge is 0.240 e. The van der Waals surface area contributed by atoms with Gasteiger partial charge in [-0.3, -0.25) is 5.43 Å². The van der Waals surface area contributed by atoms with Crippen molar-refractivity contribution in [1.82, 2.24) is 9.97 Å². The Morgan fingerprint density at radius 1 is 1.53 bits per heavy atom. The standard InChI is InChI=1S/C12H17N5OS/c1-18-6-5-17(8-2-3-8)10-9-4-7-19-11(9)15-12(14-10)16-13/h4,7-8H,2-3,5-6,13H2,1H3,(H,14,15,16). The van der Waals surface area contributed by atoms with Crippen LogP contribution in [-0.2, 0) is 4.74 Å². The first-order valence-electron chi connectivity index (χ1n) is 6.31. The van der Waals surface area contributed by atoms with Crippen molar-refractivity contribution < 1.29 is 4.74 Å². The van der Waals surface area contributed by atoms with Gasteiger partial charge in [-0.05, 0) is 24.3 Å². The van der Waals surface area contributed by atoms with Gasteiger partial charge in [0, 0.05) is 19.7 Å². The molecule has 2 heterocycles. The molecule has 2 aromatic heterocycles. The predicted molar refractivity (Wildman–Crippen MR) is 77.5 cm³/mol. The van der Waals surface area contributed by atoms with Gasteiger partial charge in [0.1, 0.15) is 10.6 Å². The number of hydrogen-bond donors (Lipinski definition) is 2. The van der Waals surface area contributed by atoms with Crippen LogP contribution in [0.3, 0.4) is 0 Å². The summed E-state index contributed by atoms with van der Waals surface area (Å²) < 4.78 is 5.20. The zero-order valence-electron chi connectivity index (χ0n) is 10.8. The van der Waals surface area contributed by atoms with E-state index in [2.05, 4.69) is 26.4 Å². The normalized spacial score (nSPS) is 14.8. The molecule has 0 bridgehead atoms. The maximum absolute atomic E-state index is 5.46. The summed E-state index contributed by atoms with van der Waals surface area (Å²) in [5.74, 6) is 6.88. The molecule has 3 N–H and O–H groups in total. The van der Waals surface area contributed by atoms with Crippen molar-refractivity contribution in [1.29, 1.82) is 0 Å². The van der Waals surface area contributed by atoms with E-state index in [4.69, 9.17) is 10.6 Å². The molecular weight excluding hydrogens is 262 g/mol. The van der Waals surface area contributed by atoms with Crippen LogP contribution in [0, 0.1) is 0 Å². The first kappa shape index (κ1) is 12.6. The summed E-state index contributed by atoms with van der Waals surface area (Å²) in [4.78, 5) is 12.2. The number of anilines is 2. The second-order valence-corrected chi connectivity index (χ2v) is 5.47. The molecular formula is C12H17N5OS. The number of thiophene rings is 1. The maximum atomic E-state index is 5.46. The topological polar surface area (TPSA) is 76.3 Å². The Balaban J connectivity index is 2.02. The van der Waals surface area contributed by atoms with Crippen LogP contribution >= 0.6 is 11.3 Å². The molecule has 3 rings (SSSR count). The van der Waals surface area contributed by atoms with Crippen LogP contribution in [0.25, 0.3) is 10.2 Å². The summed E-state index contributed by atoms with van der Waals surface area (Å²) in [5.41, 5.74) is 2.55. The Hall–Kier alpha value is -1.44. The van der Waals surface area contributed by atoms with Gasteiger partial charge < -0.3 is 9.64 Å². The number of nitrogens with zero attached hydrogens (tertiary/aromatic N) is 3. The molecule has 0 aromatic carbocycles. The molecule has 0 radical (unpaired) electrons. The fourth-order valence-corrected chi connectivity index (χ4v) is 2.92. The minimum Gasteiger partial charge on any atom is -0.383 e. The van der Waals surface area contributed by atoms with Gasteiger partial charge >= 0.3 is 0 Å². The van der Waals surface area contributed by atoms with E-state index in [1.54, 1.807) is 18.4 Å². The number of aromatic nitrogens is 2. The highest BCUT2D eigenvalue weighted by atomic mass is 32.1. The van der Waals surface area contributed by atoms with Gasteiger partial charge in [0.2, 0.25) is 5.95 Å². The first-order chi connectivity index (χ1) is 9.33.